The minimum Gasteiger partial charge on any atom is -0.491 e. The van der Waals surface area contributed by atoms with E-state index in [0.29, 0.717) is 54.0 Å². The summed E-state index contributed by atoms with van der Waals surface area (Å²) in [4.78, 5) is 90.6. The number of pyridine rings is 1. The van der Waals surface area contributed by atoms with Crippen LogP contribution in [0.15, 0.2) is 53.5 Å². The first-order valence-corrected chi connectivity index (χ1v) is 21.1. The van der Waals surface area contributed by atoms with Gasteiger partial charge in [-0.25, -0.2) is 4.98 Å². The van der Waals surface area contributed by atoms with Crippen LogP contribution in [0.25, 0.3) is 10.9 Å². The maximum Gasteiger partial charge on any atom is 0.293 e. The number of aromatic nitrogens is 3. The van der Waals surface area contributed by atoms with Gasteiger partial charge in [-0.2, -0.15) is 4.98 Å². The standard InChI is InChI=1S/C43H48ClN9O9/c1-23(2)52-31-9-8-25(16-24(31)17-34(41(52)58)61-22-36(55)45-3)47-38-30(44)19-46-43(49-38)51-14-12-27(13-15-51)62-28-18-26(50(4)20-28)21-60-33-7-5-6-29-37(33)42(59)53(40(29)57)32-10-11-35(54)48-39(32)56/h5-9,16-17,19,23,26-28,32H,10-15,18,20-22H2,1-4H3,(H,45,55)(H,46,47,49)(H,48,54,56)/t26-,28-,32?/m1/s1. The van der Waals surface area contributed by atoms with Crippen LogP contribution in [0.2, 0.25) is 5.02 Å². The third kappa shape index (κ3) is 8.54. The van der Waals surface area contributed by atoms with E-state index in [1.807, 2.05) is 39.1 Å². The van der Waals surface area contributed by atoms with Crippen LogP contribution in [-0.2, 0) is 19.1 Å². The number of halogens is 1. The Balaban J connectivity index is 0.859. The van der Waals surface area contributed by atoms with Crippen LogP contribution in [0.3, 0.4) is 0 Å². The number of carbonyl (C=O) groups is 5. The predicted octanol–water partition coefficient (Wildman–Crippen LogP) is 3.43. The van der Waals surface area contributed by atoms with E-state index >= 15 is 0 Å². The number of nitrogens with one attached hydrogen (secondary N) is 3. The van der Waals surface area contributed by atoms with Crippen molar-refractivity contribution in [3.63, 3.8) is 0 Å². The number of likely N-dealkylation sites (tertiary alicyclic amines) is 1. The molecule has 4 aliphatic rings. The molecule has 3 saturated heterocycles. The summed E-state index contributed by atoms with van der Waals surface area (Å²) in [5, 5.41) is 9.08. The summed E-state index contributed by atoms with van der Waals surface area (Å²) < 4.78 is 20.0. The topological polar surface area (TPSA) is 207 Å². The lowest BCUT2D eigenvalue weighted by atomic mass is 10.0. The highest BCUT2D eigenvalue weighted by molar-refractivity contribution is 6.33. The fraction of sp³-hybridized carbons (Fsp3) is 0.442. The molecule has 2 aromatic carbocycles. The second-order valence-electron chi connectivity index (χ2n) is 16.2. The fourth-order valence-corrected chi connectivity index (χ4v) is 8.68. The molecule has 4 aliphatic heterocycles. The summed E-state index contributed by atoms with van der Waals surface area (Å²) in [7, 11) is 3.50. The molecule has 5 amide bonds. The number of hydrogen-bond acceptors (Lipinski definition) is 14. The number of fused-ring (bicyclic) bond motifs is 2. The lowest BCUT2D eigenvalue weighted by molar-refractivity contribution is -0.136. The molecule has 6 heterocycles. The van der Waals surface area contributed by atoms with Gasteiger partial charge < -0.3 is 34.3 Å². The van der Waals surface area contributed by atoms with Crippen LogP contribution in [-0.4, -0.2) is 125 Å². The first kappa shape index (κ1) is 42.6. The van der Waals surface area contributed by atoms with E-state index in [-0.39, 0.29) is 84.4 Å². The zero-order valence-electron chi connectivity index (χ0n) is 34.8. The fourth-order valence-electron chi connectivity index (χ4n) is 8.54. The second-order valence-corrected chi connectivity index (χ2v) is 16.6. The molecule has 0 bridgehead atoms. The van der Waals surface area contributed by atoms with Gasteiger partial charge in [0.15, 0.2) is 18.2 Å². The Kier molecular flexibility index (Phi) is 12.2. The van der Waals surface area contributed by atoms with Crippen molar-refractivity contribution in [1.29, 1.82) is 0 Å². The van der Waals surface area contributed by atoms with E-state index in [0.717, 1.165) is 23.1 Å². The number of benzene rings is 2. The molecule has 326 valence electrons. The van der Waals surface area contributed by atoms with Crippen molar-refractivity contribution in [1.82, 2.24) is 35.0 Å². The molecular formula is C43H48ClN9O9. The number of anilines is 3. The number of imide groups is 2. The van der Waals surface area contributed by atoms with E-state index in [4.69, 9.17) is 30.8 Å². The molecule has 18 nitrogen and oxygen atoms in total. The molecule has 3 fully saturated rings. The number of piperidine rings is 2. The Labute approximate surface area is 361 Å². The number of ether oxygens (including phenoxy) is 3. The zero-order valence-corrected chi connectivity index (χ0v) is 35.6. The maximum absolute atomic E-state index is 13.5. The Bertz CT molecular complexity index is 2510. The third-order valence-corrected chi connectivity index (χ3v) is 12.0. The van der Waals surface area contributed by atoms with Gasteiger partial charge in [0.05, 0.1) is 35.0 Å². The van der Waals surface area contributed by atoms with Crippen LogP contribution in [0.1, 0.15) is 72.7 Å². The Morgan fingerprint density at radius 1 is 0.984 bits per heavy atom. The second kappa shape index (κ2) is 17.7. The first-order chi connectivity index (χ1) is 29.8. The molecule has 0 radical (unpaired) electrons. The summed E-state index contributed by atoms with van der Waals surface area (Å²) in [5.41, 5.74) is 1.37. The lowest BCUT2D eigenvalue weighted by Crippen LogP contribution is -2.54. The quantitative estimate of drug-likeness (QED) is 0.165. The smallest absolute Gasteiger partial charge is 0.293 e. The molecule has 3 N–H and O–H groups in total. The van der Waals surface area contributed by atoms with Crippen LogP contribution >= 0.6 is 11.6 Å². The molecule has 3 atom stereocenters. The molecule has 19 heteroatoms. The number of likely N-dealkylation sites (N-methyl/N-ethyl adjacent to an activating group) is 2. The van der Waals surface area contributed by atoms with Crippen LogP contribution in [0.5, 0.6) is 11.5 Å². The Hall–Kier alpha value is -6.11. The van der Waals surface area contributed by atoms with Crippen molar-refractivity contribution < 1.29 is 38.2 Å². The van der Waals surface area contributed by atoms with Crippen molar-refractivity contribution in [2.45, 2.75) is 76.3 Å². The minimum absolute atomic E-state index is 0.00467. The van der Waals surface area contributed by atoms with Crippen LogP contribution < -0.4 is 35.9 Å². The number of hydrogen-bond donors (Lipinski definition) is 3. The van der Waals surface area contributed by atoms with Gasteiger partial charge in [-0.1, -0.05) is 17.7 Å². The minimum atomic E-state index is -1.05. The maximum atomic E-state index is 13.5. The normalized spacial score (nSPS) is 20.8. The van der Waals surface area contributed by atoms with E-state index in [1.165, 1.54) is 7.05 Å². The Morgan fingerprint density at radius 2 is 1.77 bits per heavy atom. The zero-order chi connectivity index (χ0) is 43.8. The van der Waals surface area contributed by atoms with Crippen molar-refractivity contribution in [3.05, 3.63) is 75.2 Å². The first-order valence-electron chi connectivity index (χ1n) is 20.7. The highest BCUT2D eigenvalue weighted by atomic mass is 35.5. The molecule has 8 rings (SSSR count). The van der Waals surface area contributed by atoms with Gasteiger partial charge in [-0.05, 0) is 83.0 Å². The monoisotopic (exact) mass is 869 g/mol. The highest BCUT2D eigenvalue weighted by Gasteiger charge is 2.46. The van der Waals surface area contributed by atoms with Crippen molar-refractivity contribution in [3.8, 4) is 11.5 Å². The van der Waals surface area contributed by atoms with Gasteiger partial charge in [0, 0.05) is 56.3 Å². The van der Waals surface area contributed by atoms with Gasteiger partial charge in [0.1, 0.15) is 23.4 Å². The molecular weight excluding hydrogens is 822 g/mol. The van der Waals surface area contributed by atoms with E-state index in [9.17, 15) is 28.8 Å². The summed E-state index contributed by atoms with van der Waals surface area (Å²) in [5.74, 6) is -1.32. The Morgan fingerprint density at radius 3 is 2.52 bits per heavy atom. The number of carbonyl (C=O) groups excluding carboxylic acids is 5. The van der Waals surface area contributed by atoms with Gasteiger partial charge in [0.2, 0.25) is 17.8 Å². The van der Waals surface area contributed by atoms with Gasteiger partial charge in [-0.3, -0.25) is 43.9 Å². The van der Waals surface area contributed by atoms with Gasteiger partial charge >= 0.3 is 0 Å². The van der Waals surface area contributed by atoms with Crippen LogP contribution in [0, 0.1) is 0 Å². The summed E-state index contributed by atoms with van der Waals surface area (Å²) >= 11 is 6.59. The number of amides is 5. The summed E-state index contributed by atoms with van der Waals surface area (Å²) in [6, 6.07) is 10.8. The largest absolute Gasteiger partial charge is 0.491 e. The third-order valence-electron chi connectivity index (χ3n) is 11.8. The average Bonchev–Trinajstić information content (AvgIpc) is 3.73. The molecule has 0 spiro atoms. The molecule has 2 aromatic heterocycles. The highest BCUT2D eigenvalue weighted by Crippen LogP contribution is 2.35. The molecule has 1 unspecified atom stereocenters. The predicted molar refractivity (Wildman–Crippen MR) is 228 cm³/mol. The summed E-state index contributed by atoms with van der Waals surface area (Å²) in [6.45, 7) is 5.84. The average molecular weight is 870 g/mol. The van der Waals surface area contributed by atoms with Gasteiger partial charge in [-0.15, -0.1) is 0 Å². The SMILES string of the molecule is CNC(=O)COc1cc2cc(Nc3nc(N4CCC(O[C@@H]5C[C@H](COc6cccc7c6C(=O)N(C6CCC(=O)NC6=O)C7=O)N(C)C5)CC4)ncc3Cl)ccc2n(C(C)C)c1=O. The molecule has 4 aromatic rings. The van der Waals surface area contributed by atoms with Crippen molar-refractivity contribution in [2.75, 3.05) is 57.2 Å². The molecule has 0 aliphatic carbocycles. The number of rotatable bonds is 13. The number of nitrogens with zero attached hydrogens (tertiary/aromatic N) is 6. The van der Waals surface area contributed by atoms with E-state index in [1.54, 1.807) is 35.0 Å². The lowest BCUT2D eigenvalue weighted by Gasteiger charge is -2.33. The molecule has 0 saturated carbocycles. The van der Waals surface area contributed by atoms with Crippen molar-refractivity contribution in [2.24, 2.45) is 0 Å². The van der Waals surface area contributed by atoms with Gasteiger partial charge in [0.25, 0.3) is 23.3 Å². The van der Waals surface area contributed by atoms with Crippen molar-refractivity contribution >= 4 is 69.5 Å². The van der Waals surface area contributed by atoms with E-state index in [2.05, 4.69) is 30.7 Å². The summed E-state index contributed by atoms with van der Waals surface area (Å²) in [6.07, 6.45) is 3.92. The molecule has 62 heavy (non-hydrogen) atoms. The van der Waals surface area contributed by atoms with E-state index < -0.39 is 29.7 Å². The van der Waals surface area contributed by atoms with Crippen LogP contribution in [0.4, 0.5) is 17.5 Å².